The largest absolute Gasteiger partial charge is 0.372 e. The van der Waals surface area contributed by atoms with E-state index in [1.54, 1.807) is 11.9 Å². The molecule has 4 heterocycles. The number of nitrogens with one attached hydrogen (secondary N) is 1. The molecule has 2 atom stereocenters. The number of halogens is 2. The quantitative estimate of drug-likeness (QED) is 0.812. The summed E-state index contributed by atoms with van der Waals surface area (Å²) in [6, 6.07) is 5.83. The number of amides is 1. The molecule has 0 spiro atoms. The van der Waals surface area contributed by atoms with Crippen LogP contribution in [0.3, 0.4) is 0 Å². The summed E-state index contributed by atoms with van der Waals surface area (Å²) in [6.07, 6.45) is -0.508. The van der Waals surface area contributed by atoms with Crippen LogP contribution in [0.5, 0.6) is 0 Å². The van der Waals surface area contributed by atoms with Gasteiger partial charge >= 0.3 is 0 Å². The third-order valence-corrected chi connectivity index (χ3v) is 5.94. The van der Waals surface area contributed by atoms with Gasteiger partial charge in [-0.1, -0.05) is 0 Å². The molecule has 4 rings (SSSR count). The van der Waals surface area contributed by atoms with Gasteiger partial charge in [0, 0.05) is 51.0 Å². The number of alkyl halides is 2. The zero-order chi connectivity index (χ0) is 21.4. The fourth-order valence-corrected chi connectivity index (χ4v) is 4.80. The number of aromatic nitrogens is 2. The lowest BCUT2D eigenvalue weighted by Crippen LogP contribution is -2.46. The zero-order valence-corrected chi connectivity index (χ0v) is 17.5. The van der Waals surface area contributed by atoms with Gasteiger partial charge in [0.25, 0.3) is 5.91 Å². The molecular weight excluding hydrogens is 388 g/mol. The van der Waals surface area contributed by atoms with Crippen molar-refractivity contribution in [3.05, 3.63) is 46.8 Å². The average Bonchev–Trinajstić information content (AvgIpc) is 2.99. The van der Waals surface area contributed by atoms with Crippen LogP contribution in [0.4, 0.5) is 20.4 Å². The third kappa shape index (κ3) is 3.95. The molecule has 0 radical (unpaired) electrons. The summed E-state index contributed by atoms with van der Waals surface area (Å²) in [7, 11) is 1.65. The average molecular weight is 415 g/mol. The Balaban J connectivity index is 1.60. The molecule has 2 aromatic rings. The molecule has 2 fully saturated rings. The van der Waals surface area contributed by atoms with Gasteiger partial charge in [-0.05, 0) is 55.5 Å². The molecule has 2 aromatic heterocycles. The molecule has 2 aliphatic rings. The molecule has 0 saturated carbocycles. The normalized spacial score (nSPS) is 20.7. The molecule has 6 nitrogen and oxygen atoms in total. The van der Waals surface area contributed by atoms with Crippen molar-refractivity contribution < 1.29 is 13.6 Å². The molecule has 2 unspecified atom stereocenters. The minimum Gasteiger partial charge on any atom is -0.372 e. The van der Waals surface area contributed by atoms with Crippen LogP contribution in [0.15, 0.2) is 24.4 Å². The Morgan fingerprint density at radius 1 is 1.27 bits per heavy atom. The van der Waals surface area contributed by atoms with Crippen LogP contribution in [0.25, 0.3) is 0 Å². The number of hydrogen-bond acceptors (Lipinski definition) is 5. The van der Waals surface area contributed by atoms with Crippen LogP contribution in [0, 0.1) is 19.8 Å². The lowest BCUT2D eigenvalue weighted by molar-refractivity contribution is 0.0692. The number of hydrogen-bond donors (Lipinski definition) is 1. The van der Waals surface area contributed by atoms with Crippen molar-refractivity contribution in [2.75, 3.05) is 36.9 Å². The number of fused-ring (bicyclic) bond motifs is 2. The first-order chi connectivity index (χ1) is 14.4. The maximum absolute atomic E-state index is 13.4. The smallest absolute Gasteiger partial charge is 0.257 e. The predicted octanol–water partition coefficient (Wildman–Crippen LogP) is 3.29. The number of nitrogens with zero attached hydrogens (tertiary/aromatic N) is 4. The number of likely N-dealkylation sites (tertiary alicyclic amines) is 1. The summed E-state index contributed by atoms with van der Waals surface area (Å²) in [5.74, 6) is 1.41. The van der Waals surface area contributed by atoms with E-state index in [0.29, 0.717) is 30.4 Å². The van der Waals surface area contributed by atoms with E-state index in [4.69, 9.17) is 4.98 Å². The van der Waals surface area contributed by atoms with E-state index in [-0.39, 0.29) is 17.5 Å². The maximum atomic E-state index is 13.4. The fourth-order valence-electron chi connectivity index (χ4n) is 4.80. The highest BCUT2D eigenvalue weighted by Gasteiger charge is 2.41. The Bertz CT molecular complexity index is 931. The van der Waals surface area contributed by atoms with Gasteiger partial charge in [0.15, 0.2) is 0 Å². The van der Waals surface area contributed by atoms with Crippen molar-refractivity contribution in [1.82, 2.24) is 14.9 Å². The van der Waals surface area contributed by atoms with Gasteiger partial charge in [0.05, 0.1) is 5.56 Å². The first-order valence-electron chi connectivity index (χ1n) is 10.3. The van der Waals surface area contributed by atoms with Crippen LogP contribution < -0.4 is 10.2 Å². The molecule has 1 N–H and O–H groups in total. The van der Waals surface area contributed by atoms with Crippen LogP contribution >= 0.6 is 0 Å². The summed E-state index contributed by atoms with van der Waals surface area (Å²) in [5, 5.41) is 2.89. The minimum absolute atomic E-state index is 0.176. The summed E-state index contributed by atoms with van der Waals surface area (Å²) >= 11 is 0. The summed E-state index contributed by atoms with van der Waals surface area (Å²) in [5.41, 5.74) is 2.74. The second kappa shape index (κ2) is 8.16. The van der Waals surface area contributed by atoms with Gasteiger partial charge in [-0.15, -0.1) is 0 Å². The molecule has 160 valence electrons. The van der Waals surface area contributed by atoms with Crippen LogP contribution in [0.2, 0.25) is 0 Å². The molecule has 2 aliphatic heterocycles. The minimum atomic E-state index is -2.52. The van der Waals surface area contributed by atoms with Crippen molar-refractivity contribution >= 4 is 17.5 Å². The van der Waals surface area contributed by atoms with Crippen molar-refractivity contribution in [1.29, 1.82) is 0 Å². The van der Waals surface area contributed by atoms with Crippen molar-refractivity contribution in [3.8, 4) is 0 Å². The Morgan fingerprint density at radius 3 is 2.77 bits per heavy atom. The van der Waals surface area contributed by atoms with Crippen LogP contribution in [-0.4, -0.2) is 59.9 Å². The van der Waals surface area contributed by atoms with E-state index < -0.39 is 12.8 Å². The van der Waals surface area contributed by atoms with E-state index in [9.17, 15) is 13.6 Å². The van der Waals surface area contributed by atoms with Crippen molar-refractivity contribution in [2.45, 2.75) is 39.2 Å². The predicted molar refractivity (Wildman–Crippen MR) is 112 cm³/mol. The summed E-state index contributed by atoms with van der Waals surface area (Å²) < 4.78 is 26.2. The second-order valence-electron chi connectivity index (χ2n) is 8.30. The van der Waals surface area contributed by atoms with E-state index in [0.717, 1.165) is 30.0 Å². The Hall–Kier alpha value is -2.77. The number of piperidine rings is 1. The number of pyridine rings is 2. The monoisotopic (exact) mass is 415 g/mol. The molecular formula is C22H27F2N5O. The SMILES string of the molecule is CNc1nccc(CC(F)F)c1C(=O)N1CC2CC(C1)N(c1cc(C)cc(C)n1)C2. The Morgan fingerprint density at radius 2 is 2.07 bits per heavy atom. The van der Waals surface area contributed by atoms with E-state index in [2.05, 4.69) is 28.2 Å². The fraction of sp³-hybridized carbons (Fsp3) is 0.500. The lowest BCUT2D eigenvalue weighted by atomic mass is 9.97. The van der Waals surface area contributed by atoms with E-state index >= 15 is 0 Å². The van der Waals surface area contributed by atoms with Gasteiger partial charge in [-0.25, -0.2) is 18.7 Å². The number of carbonyl (C=O) groups is 1. The van der Waals surface area contributed by atoms with Crippen molar-refractivity contribution in [3.63, 3.8) is 0 Å². The first-order valence-corrected chi connectivity index (χ1v) is 10.3. The standard InChI is InChI=1S/C22H27F2N5O/c1-13-6-14(2)27-19(7-13)29-11-15-8-17(29)12-28(10-15)22(30)20-16(9-18(23)24)4-5-26-21(20)25-3/h4-7,15,17-18H,8-12H2,1-3H3,(H,25,26). The van der Waals surface area contributed by atoms with Gasteiger partial charge in [-0.3, -0.25) is 4.79 Å². The van der Waals surface area contributed by atoms with Crippen LogP contribution in [0.1, 0.15) is 33.6 Å². The van der Waals surface area contributed by atoms with E-state index in [1.165, 1.54) is 12.3 Å². The first kappa shape index (κ1) is 20.5. The van der Waals surface area contributed by atoms with Gasteiger partial charge in [-0.2, -0.15) is 0 Å². The molecule has 0 aromatic carbocycles. The Labute approximate surface area is 175 Å². The number of carbonyl (C=O) groups excluding carboxylic acids is 1. The third-order valence-electron chi connectivity index (χ3n) is 5.94. The molecule has 1 amide bonds. The molecule has 8 heteroatoms. The second-order valence-corrected chi connectivity index (χ2v) is 8.30. The van der Waals surface area contributed by atoms with Gasteiger partial charge < -0.3 is 15.1 Å². The molecule has 2 saturated heterocycles. The lowest BCUT2D eigenvalue weighted by Gasteiger charge is -2.34. The Kier molecular flexibility index (Phi) is 5.58. The highest BCUT2D eigenvalue weighted by atomic mass is 19.3. The number of aryl methyl sites for hydroxylation is 2. The highest BCUT2D eigenvalue weighted by Crippen LogP contribution is 2.34. The molecule has 2 bridgehead atoms. The van der Waals surface area contributed by atoms with E-state index in [1.807, 2.05) is 13.0 Å². The van der Waals surface area contributed by atoms with Crippen molar-refractivity contribution in [2.24, 2.45) is 5.92 Å². The van der Waals surface area contributed by atoms with Gasteiger partial charge in [0.2, 0.25) is 6.43 Å². The zero-order valence-electron chi connectivity index (χ0n) is 17.5. The van der Waals surface area contributed by atoms with Gasteiger partial charge in [0.1, 0.15) is 11.6 Å². The number of rotatable bonds is 5. The topological polar surface area (TPSA) is 61.4 Å². The maximum Gasteiger partial charge on any atom is 0.257 e. The molecule has 0 aliphatic carbocycles. The summed E-state index contributed by atoms with van der Waals surface area (Å²) in [4.78, 5) is 26.4. The number of anilines is 2. The summed E-state index contributed by atoms with van der Waals surface area (Å²) in [6.45, 7) is 6.06. The van der Waals surface area contributed by atoms with Crippen LogP contribution in [-0.2, 0) is 6.42 Å². The molecule has 30 heavy (non-hydrogen) atoms. The highest BCUT2D eigenvalue weighted by molar-refractivity contribution is 6.00.